The molecule has 0 nitrogen and oxygen atoms in total. The second-order valence-electron chi connectivity index (χ2n) is 0. The Kier molecular flexibility index (Phi) is 4590. The fourth-order valence-corrected chi connectivity index (χ4v) is 0. The first-order valence-electron chi connectivity index (χ1n) is 0.333. The normalized spacial score (nSPS) is 0.500. The van der Waals surface area contributed by atoms with Crippen LogP contribution >= 0.6 is 0 Å². The van der Waals surface area contributed by atoms with Crippen LogP contribution in [0.5, 0.6) is 0 Å². The van der Waals surface area contributed by atoms with Gasteiger partial charge in [0.25, 0.3) is 0 Å². The van der Waals surface area contributed by atoms with Gasteiger partial charge in [-0.25, -0.2) is 0 Å². The zero-order valence-electron chi connectivity index (χ0n) is 3.15. The van der Waals surface area contributed by atoms with Gasteiger partial charge >= 0.3 is 18.9 Å². The second-order valence-corrected chi connectivity index (χ2v) is 0. The molecule has 0 fully saturated rings. The van der Waals surface area contributed by atoms with E-state index in [4.69, 9.17) is 0 Å². The van der Waals surface area contributed by atoms with Crippen LogP contribution in [0.15, 0.2) is 0 Å². The van der Waals surface area contributed by atoms with Crippen LogP contribution in [0.25, 0.3) is 0 Å². The quantitative estimate of drug-likeness (QED) is 0.220. The van der Waals surface area contributed by atoms with Crippen LogP contribution < -0.4 is 18.9 Å². The molecule has 0 aliphatic carbocycles. The molecule has 0 rings (SSSR count). The fourth-order valence-electron chi connectivity index (χ4n) is 0. The Morgan fingerprint density at radius 3 is 1.25 bits per heavy atom. The van der Waals surface area contributed by atoms with E-state index in [9.17, 15) is 0 Å². The standard InChI is InChI=1S/C2H2.CH4.Li.H/c1-2;;;/h1-2H;1H4;;/q;;+1;-1. The van der Waals surface area contributed by atoms with Gasteiger partial charge in [0, 0.05) is 0 Å². The van der Waals surface area contributed by atoms with Crippen LogP contribution in [0.3, 0.4) is 0 Å². The molecular weight excluding hydrogens is 43.0 g/mol. The Bertz CT molecular complexity index is 11.6. The van der Waals surface area contributed by atoms with Crippen molar-refractivity contribution in [2.75, 3.05) is 0 Å². The minimum absolute atomic E-state index is 0. The zero-order chi connectivity index (χ0) is 2.00. The average molecular weight is 50.0 g/mol. The topological polar surface area (TPSA) is 0 Å². The van der Waals surface area contributed by atoms with Crippen LogP contribution in [-0.4, -0.2) is 0 Å². The van der Waals surface area contributed by atoms with Crippen LogP contribution in [0.4, 0.5) is 0 Å². The minimum Gasteiger partial charge on any atom is -1.00 e. The van der Waals surface area contributed by atoms with Gasteiger partial charge in [-0.2, -0.15) is 0 Å². The number of hydrogen-bond acceptors (Lipinski definition) is 0. The van der Waals surface area contributed by atoms with Crippen molar-refractivity contribution in [2.24, 2.45) is 0 Å². The molecule has 0 spiro atoms. The van der Waals surface area contributed by atoms with Crippen molar-refractivity contribution in [1.82, 2.24) is 0 Å². The van der Waals surface area contributed by atoms with Crippen molar-refractivity contribution in [1.29, 1.82) is 0 Å². The van der Waals surface area contributed by atoms with Crippen LogP contribution in [0.1, 0.15) is 8.85 Å². The summed E-state index contributed by atoms with van der Waals surface area (Å²) in [6, 6.07) is 0. The summed E-state index contributed by atoms with van der Waals surface area (Å²) in [5.41, 5.74) is 0. The molecular formula is C3H7Li. The first-order valence-corrected chi connectivity index (χ1v) is 0.333. The molecule has 0 radical (unpaired) electrons. The molecule has 0 aliphatic rings. The molecule has 0 bridgehead atoms. The van der Waals surface area contributed by atoms with Gasteiger partial charge in [-0.15, -0.1) is 12.8 Å². The molecule has 1 heteroatoms. The molecule has 0 amide bonds. The summed E-state index contributed by atoms with van der Waals surface area (Å²) in [6.45, 7) is 0. The van der Waals surface area contributed by atoms with E-state index in [1.54, 1.807) is 0 Å². The molecule has 0 aromatic heterocycles. The SMILES string of the molecule is C.C#C.[H-].[Li+]. The maximum atomic E-state index is 4.00. The summed E-state index contributed by atoms with van der Waals surface area (Å²) in [5, 5.41) is 0. The third-order valence-corrected chi connectivity index (χ3v) is 0. The maximum absolute atomic E-state index is 4.00. The van der Waals surface area contributed by atoms with Crippen molar-refractivity contribution in [2.45, 2.75) is 7.43 Å². The third-order valence-electron chi connectivity index (χ3n) is 0. The van der Waals surface area contributed by atoms with E-state index in [-0.39, 0.29) is 27.7 Å². The fraction of sp³-hybridized carbons (Fsp3) is 0.333. The first-order chi connectivity index (χ1) is 1.00. The third kappa shape index (κ3) is 117. The van der Waals surface area contributed by atoms with Gasteiger partial charge in [0.15, 0.2) is 0 Å². The van der Waals surface area contributed by atoms with Crippen molar-refractivity contribution < 1.29 is 20.3 Å². The molecule has 0 unspecified atom stereocenters. The van der Waals surface area contributed by atoms with Crippen molar-refractivity contribution in [3.63, 3.8) is 0 Å². The number of rotatable bonds is 0. The zero-order valence-corrected chi connectivity index (χ0v) is 2.15. The summed E-state index contributed by atoms with van der Waals surface area (Å²) in [5.74, 6) is 0. The first kappa shape index (κ1) is 30.9. The van der Waals surface area contributed by atoms with Crippen molar-refractivity contribution in [3.8, 4) is 12.8 Å². The van der Waals surface area contributed by atoms with E-state index in [1.807, 2.05) is 0 Å². The van der Waals surface area contributed by atoms with E-state index in [2.05, 4.69) is 12.8 Å². The van der Waals surface area contributed by atoms with Crippen molar-refractivity contribution >= 4 is 0 Å². The monoisotopic (exact) mass is 50.1 g/mol. The largest absolute Gasteiger partial charge is 1.00 e. The molecule has 20 valence electrons. The van der Waals surface area contributed by atoms with E-state index in [0.29, 0.717) is 0 Å². The number of terminal acetylenes is 1. The van der Waals surface area contributed by atoms with Crippen LogP contribution in [-0.2, 0) is 0 Å². The van der Waals surface area contributed by atoms with Crippen LogP contribution in [0.2, 0.25) is 0 Å². The predicted molar refractivity (Wildman–Crippen MR) is 17.7 cm³/mol. The van der Waals surface area contributed by atoms with Gasteiger partial charge in [-0.1, -0.05) is 7.43 Å². The van der Waals surface area contributed by atoms with Crippen molar-refractivity contribution in [3.05, 3.63) is 0 Å². The molecule has 0 aromatic rings. The van der Waals surface area contributed by atoms with Gasteiger partial charge in [-0.05, 0) is 0 Å². The maximum Gasteiger partial charge on any atom is 1.00 e. The van der Waals surface area contributed by atoms with Gasteiger partial charge in [0.2, 0.25) is 0 Å². The van der Waals surface area contributed by atoms with E-state index >= 15 is 0 Å². The molecule has 0 saturated heterocycles. The molecule has 0 heterocycles. The summed E-state index contributed by atoms with van der Waals surface area (Å²) in [4.78, 5) is 0. The number of hydrogen-bond donors (Lipinski definition) is 0. The molecule has 0 atom stereocenters. The second kappa shape index (κ2) is 593. The summed E-state index contributed by atoms with van der Waals surface area (Å²) < 4.78 is 0. The van der Waals surface area contributed by atoms with Crippen LogP contribution in [0, 0.1) is 12.8 Å². The molecule has 0 aromatic carbocycles. The summed E-state index contributed by atoms with van der Waals surface area (Å²) in [6.07, 6.45) is 8.00. The Morgan fingerprint density at radius 2 is 1.25 bits per heavy atom. The van der Waals surface area contributed by atoms with E-state index in [0.717, 1.165) is 0 Å². The summed E-state index contributed by atoms with van der Waals surface area (Å²) in [7, 11) is 0. The molecule has 0 saturated carbocycles. The predicted octanol–water partition coefficient (Wildman–Crippen LogP) is -2.00. The summed E-state index contributed by atoms with van der Waals surface area (Å²) >= 11 is 0. The Labute approximate surface area is 41.3 Å². The smallest absolute Gasteiger partial charge is 1.00 e. The van der Waals surface area contributed by atoms with Gasteiger partial charge in [0.05, 0.1) is 0 Å². The average Bonchev–Trinajstić information content (AvgIpc) is 1.00. The molecule has 4 heavy (non-hydrogen) atoms. The molecule has 0 aliphatic heterocycles. The minimum atomic E-state index is 0. The van der Waals surface area contributed by atoms with E-state index in [1.165, 1.54) is 0 Å². The molecule has 0 N–H and O–H groups in total. The van der Waals surface area contributed by atoms with Gasteiger partial charge in [0.1, 0.15) is 0 Å². The van der Waals surface area contributed by atoms with E-state index < -0.39 is 0 Å². The van der Waals surface area contributed by atoms with Gasteiger partial charge < -0.3 is 1.43 Å². The Morgan fingerprint density at radius 1 is 1.25 bits per heavy atom. The Hall–Kier alpha value is 0.157. The van der Waals surface area contributed by atoms with Gasteiger partial charge in [-0.3, -0.25) is 0 Å². The Balaban J connectivity index is -0.00000000167.